The summed E-state index contributed by atoms with van der Waals surface area (Å²) in [5.41, 5.74) is 9.49. The number of hydrogen-bond acceptors (Lipinski definition) is 4. The fourth-order valence-electron chi connectivity index (χ4n) is 2.67. The Morgan fingerprint density at radius 2 is 2.10 bits per heavy atom. The molecular weight excluding hydrogens is 272 g/mol. The number of benzene rings is 1. The fraction of sp³-hybridized carbons (Fsp3) is 0.600. The van der Waals surface area contributed by atoms with Crippen LogP contribution in [-0.4, -0.2) is 33.0 Å². The Morgan fingerprint density at radius 1 is 1.35 bits per heavy atom. The smallest absolute Gasteiger partial charge is 0.152 e. The van der Waals surface area contributed by atoms with Gasteiger partial charge >= 0.3 is 0 Å². The Bertz CT molecular complexity index is 567. The van der Waals surface area contributed by atoms with Crippen LogP contribution in [0.3, 0.4) is 0 Å². The average molecular weight is 296 g/mol. The molecule has 0 fully saturated rings. The number of hydrogen-bond donors (Lipinski definition) is 1. The molecule has 1 unspecified atom stereocenters. The molecule has 1 aliphatic rings. The van der Waals surface area contributed by atoms with Gasteiger partial charge in [-0.3, -0.25) is 0 Å². The highest BCUT2D eigenvalue weighted by Gasteiger charge is 2.21. The first-order valence-electron chi connectivity index (χ1n) is 7.26. The monoisotopic (exact) mass is 296 g/mol. The van der Waals surface area contributed by atoms with Crippen molar-refractivity contribution in [1.29, 1.82) is 0 Å². The lowest BCUT2D eigenvalue weighted by molar-refractivity contribution is 0.593. The topological polar surface area (TPSA) is 63.4 Å². The standard InChI is InChI=1S/C15H24N2O2S/c1-3-9-20(18,19)10-8-17-7-6-14-11-13(12(2)16)4-5-15(14)17/h4-5,11-12H,3,6-10,16H2,1-2H3. The second-order valence-corrected chi connectivity index (χ2v) is 7.87. The summed E-state index contributed by atoms with van der Waals surface area (Å²) in [7, 11) is -2.90. The summed E-state index contributed by atoms with van der Waals surface area (Å²) in [5.74, 6) is 0.534. The predicted molar refractivity (Wildman–Crippen MR) is 83.9 cm³/mol. The van der Waals surface area contributed by atoms with E-state index in [-0.39, 0.29) is 17.5 Å². The van der Waals surface area contributed by atoms with Gasteiger partial charge in [-0.25, -0.2) is 8.42 Å². The van der Waals surface area contributed by atoms with Gasteiger partial charge in [0, 0.05) is 30.6 Å². The van der Waals surface area contributed by atoms with Gasteiger partial charge in [0.2, 0.25) is 0 Å². The van der Waals surface area contributed by atoms with Gasteiger partial charge in [-0.05, 0) is 37.0 Å². The average Bonchev–Trinajstić information content (AvgIpc) is 2.78. The van der Waals surface area contributed by atoms with Crippen LogP contribution in [0.4, 0.5) is 5.69 Å². The quantitative estimate of drug-likeness (QED) is 0.871. The van der Waals surface area contributed by atoms with Crippen molar-refractivity contribution in [2.45, 2.75) is 32.7 Å². The highest BCUT2D eigenvalue weighted by atomic mass is 32.2. The van der Waals surface area contributed by atoms with E-state index >= 15 is 0 Å². The van der Waals surface area contributed by atoms with Crippen molar-refractivity contribution in [3.8, 4) is 0 Å². The van der Waals surface area contributed by atoms with Crippen molar-refractivity contribution in [3.63, 3.8) is 0 Å². The van der Waals surface area contributed by atoms with E-state index < -0.39 is 9.84 Å². The van der Waals surface area contributed by atoms with Gasteiger partial charge in [0.1, 0.15) is 0 Å². The molecule has 1 aromatic carbocycles. The highest BCUT2D eigenvalue weighted by molar-refractivity contribution is 7.91. The molecule has 1 aromatic rings. The summed E-state index contributed by atoms with van der Waals surface area (Å²) < 4.78 is 23.6. The minimum atomic E-state index is -2.90. The first-order chi connectivity index (χ1) is 9.43. The Hall–Kier alpha value is -1.07. The first kappa shape index (κ1) is 15.3. The molecule has 1 atom stereocenters. The Morgan fingerprint density at radius 3 is 2.75 bits per heavy atom. The van der Waals surface area contributed by atoms with Crippen LogP contribution in [0.1, 0.15) is 37.4 Å². The zero-order valence-corrected chi connectivity index (χ0v) is 13.1. The summed E-state index contributed by atoms with van der Waals surface area (Å²) in [6.45, 7) is 5.37. The molecule has 2 N–H and O–H groups in total. The van der Waals surface area contributed by atoms with E-state index in [0.29, 0.717) is 13.0 Å². The lowest BCUT2D eigenvalue weighted by atomic mass is 10.0. The summed E-state index contributed by atoms with van der Waals surface area (Å²) in [6.07, 6.45) is 1.67. The van der Waals surface area contributed by atoms with Gasteiger partial charge in [0.25, 0.3) is 0 Å². The molecule has 0 bridgehead atoms. The molecule has 0 aromatic heterocycles. The maximum absolute atomic E-state index is 11.8. The number of rotatable bonds is 6. The molecule has 1 heterocycles. The summed E-state index contributed by atoms with van der Waals surface area (Å²) in [6, 6.07) is 6.32. The van der Waals surface area contributed by atoms with Crippen LogP contribution in [0.25, 0.3) is 0 Å². The number of fused-ring (bicyclic) bond motifs is 1. The van der Waals surface area contributed by atoms with E-state index in [1.165, 1.54) is 11.3 Å². The molecule has 0 radical (unpaired) electrons. The van der Waals surface area contributed by atoms with Crippen LogP contribution in [0.2, 0.25) is 0 Å². The molecule has 1 aliphatic heterocycles. The van der Waals surface area contributed by atoms with E-state index in [0.717, 1.165) is 18.5 Å². The van der Waals surface area contributed by atoms with Crippen LogP contribution in [0, 0.1) is 0 Å². The molecule has 4 nitrogen and oxygen atoms in total. The fourth-order valence-corrected chi connectivity index (χ4v) is 3.99. The molecule has 5 heteroatoms. The van der Waals surface area contributed by atoms with Crippen molar-refractivity contribution in [1.82, 2.24) is 0 Å². The molecule has 0 saturated heterocycles. The third-order valence-corrected chi connectivity index (χ3v) is 5.64. The zero-order valence-electron chi connectivity index (χ0n) is 12.3. The third kappa shape index (κ3) is 3.52. The van der Waals surface area contributed by atoms with Crippen LogP contribution >= 0.6 is 0 Å². The van der Waals surface area contributed by atoms with E-state index in [4.69, 9.17) is 5.73 Å². The van der Waals surface area contributed by atoms with Gasteiger partial charge in [0.15, 0.2) is 9.84 Å². The Balaban J connectivity index is 2.05. The Kier molecular flexibility index (Phi) is 4.70. The molecule has 0 spiro atoms. The third-order valence-electron chi connectivity index (χ3n) is 3.81. The van der Waals surface area contributed by atoms with Crippen molar-refractivity contribution in [2.24, 2.45) is 5.73 Å². The molecule has 2 rings (SSSR count). The van der Waals surface area contributed by atoms with Gasteiger partial charge in [0.05, 0.1) is 5.75 Å². The normalized spacial score (nSPS) is 16.2. The van der Waals surface area contributed by atoms with Gasteiger partial charge in [-0.15, -0.1) is 0 Å². The van der Waals surface area contributed by atoms with Crippen molar-refractivity contribution < 1.29 is 8.42 Å². The number of nitrogens with zero attached hydrogens (tertiary/aromatic N) is 1. The highest BCUT2D eigenvalue weighted by Crippen LogP contribution is 2.30. The van der Waals surface area contributed by atoms with Gasteiger partial charge in [-0.1, -0.05) is 19.1 Å². The van der Waals surface area contributed by atoms with E-state index in [1.54, 1.807) is 0 Å². The predicted octanol–water partition coefficient (Wildman–Crippen LogP) is 1.89. The maximum Gasteiger partial charge on any atom is 0.152 e. The molecule has 0 saturated carbocycles. The molecular formula is C15H24N2O2S. The SMILES string of the molecule is CCCS(=O)(=O)CCN1CCc2cc(C(C)N)ccc21. The number of nitrogens with two attached hydrogens (primary N) is 1. The lowest BCUT2D eigenvalue weighted by Crippen LogP contribution is -2.28. The summed E-state index contributed by atoms with van der Waals surface area (Å²) in [5, 5.41) is 0. The van der Waals surface area contributed by atoms with E-state index in [9.17, 15) is 8.42 Å². The van der Waals surface area contributed by atoms with Crippen LogP contribution in [0.15, 0.2) is 18.2 Å². The van der Waals surface area contributed by atoms with Crippen LogP contribution < -0.4 is 10.6 Å². The van der Waals surface area contributed by atoms with E-state index in [2.05, 4.69) is 17.0 Å². The van der Waals surface area contributed by atoms with Gasteiger partial charge in [-0.2, -0.15) is 0 Å². The molecule has 0 amide bonds. The van der Waals surface area contributed by atoms with Crippen LogP contribution in [-0.2, 0) is 16.3 Å². The van der Waals surface area contributed by atoms with Crippen molar-refractivity contribution in [2.75, 3.05) is 29.5 Å². The zero-order chi connectivity index (χ0) is 14.8. The van der Waals surface area contributed by atoms with Crippen molar-refractivity contribution >= 4 is 15.5 Å². The second kappa shape index (κ2) is 6.14. The van der Waals surface area contributed by atoms with Gasteiger partial charge < -0.3 is 10.6 Å². The largest absolute Gasteiger partial charge is 0.370 e. The van der Waals surface area contributed by atoms with Crippen molar-refractivity contribution in [3.05, 3.63) is 29.3 Å². The minimum absolute atomic E-state index is 0.0410. The first-order valence-corrected chi connectivity index (χ1v) is 9.09. The minimum Gasteiger partial charge on any atom is -0.370 e. The maximum atomic E-state index is 11.8. The Labute approximate surface area is 121 Å². The van der Waals surface area contributed by atoms with E-state index in [1.807, 2.05) is 19.9 Å². The molecule has 0 aliphatic carbocycles. The van der Waals surface area contributed by atoms with Crippen LogP contribution in [0.5, 0.6) is 0 Å². The summed E-state index contributed by atoms with van der Waals surface area (Å²) >= 11 is 0. The number of sulfone groups is 1. The number of anilines is 1. The molecule has 112 valence electrons. The second-order valence-electron chi connectivity index (χ2n) is 5.57. The lowest BCUT2D eigenvalue weighted by Gasteiger charge is -2.19. The summed E-state index contributed by atoms with van der Waals surface area (Å²) in [4.78, 5) is 2.17. The molecule has 20 heavy (non-hydrogen) atoms.